The average molecular weight is 572 g/mol. The van der Waals surface area contributed by atoms with Gasteiger partial charge in [0.25, 0.3) is 0 Å². The first-order valence-electron chi connectivity index (χ1n) is 15.8. The molecular weight excluding hydrogens is 514 g/mol. The molecule has 0 aliphatic heterocycles. The van der Waals surface area contributed by atoms with Gasteiger partial charge in [0.05, 0.1) is 0 Å². The van der Waals surface area contributed by atoms with Crippen molar-refractivity contribution < 1.29 is 19.1 Å². The second-order valence-corrected chi connectivity index (χ2v) is 13.7. The molecule has 0 bridgehead atoms. The number of nitrogens with zero attached hydrogens (tertiary/aromatic N) is 1. The summed E-state index contributed by atoms with van der Waals surface area (Å²) in [7, 11) is 0. The number of amides is 3. The smallest absolute Gasteiger partial charge is 0.408 e. The number of hydrogen-bond acceptors (Lipinski definition) is 4. The Morgan fingerprint density at radius 3 is 2.20 bits per heavy atom. The van der Waals surface area contributed by atoms with E-state index in [-0.39, 0.29) is 29.8 Å². The molecule has 0 aromatic heterocycles. The molecule has 1 saturated carbocycles. The van der Waals surface area contributed by atoms with Crippen LogP contribution in [-0.4, -0.2) is 46.5 Å². The number of aryl methyl sites for hydroxylation is 2. The zero-order valence-corrected chi connectivity index (χ0v) is 27.4. The molecule has 7 nitrogen and oxygen atoms in total. The number of carbonyl (C=O) groups excluding carboxylic acids is 3. The first-order valence-corrected chi connectivity index (χ1v) is 15.8. The summed E-state index contributed by atoms with van der Waals surface area (Å²) in [5.41, 5.74) is 2.14. The molecule has 0 saturated heterocycles. The van der Waals surface area contributed by atoms with Gasteiger partial charge in [-0.3, -0.25) is 9.59 Å². The molecular formula is C34H57N3O4. The van der Waals surface area contributed by atoms with Crippen LogP contribution in [0.4, 0.5) is 4.79 Å². The summed E-state index contributed by atoms with van der Waals surface area (Å²) in [5, 5.41) is 6.22. The van der Waals surface area contributed by atoms with Crippen molar-refractivity contribution in [3.8, 4) is 0 Å². The molecule has 4 unspecified atom stereocenters. The SMILES string of the molecule is CCC(C)C(NC(=O)OC(C)(C)C)C(=O)N(C(C)CCC(C)C)C(C(=O)NC1CCCCC1)c1cc(C)ccc1C. The van der Waals surface area contributed by atoms with E-state index in [0.29, 0.717) is 12.3 Å². The van der Waals surface area contributed by atoms with Gasteiger partial charge in [-0.2, -0.15) is 0 Å². The molecule has 2 N–H and O–H groups in total. The normalized spacial score (nSPS) is 17.3. The molecule has 7 heteroatoms. The fraction of sp³-hybridized carbons (Fsp3) is 0.735. The number of hydrogen-bond donors (Lipinski definition) is 2. The van der Waals surface area contributed by atoms with Gasteiger partial charge >= 0.3 is 6.09 Å². The van der Waals surface area contributed by atoms with Gasteiger partial charge in [0.15, 0.2) is 0 Å². The van der Waals surface area contributed by atoms with Crippen LogP contribution in [0.3, 0.4) is 0 Å². The Morgan fingerprint density at radius 2 is 1.63 bits per heavy atom. The minimum Gasteiger partial charge on any atom is -0.444 e. The van der Waals surface area contributed by atoms with E-state index in [1.54, 1.807) is 25.7 Å². The molecule has 0 spiro atoms. The largest absolute Gasteiger partial charge is 0.444 e. The summed E-state index contributed by atoms with van der Waals surface area (Å²) in [5.74, 6) is -0.0907. The van der Waals surface area contributed by atoms with E-state index >= 15 is 0 Å². The van der Waals surface area contributed by atoms with E-state index in [2.05, 4.69) is 24.5 Å². The Bertz CT molecular complexity index is 1010. The predicted octanol–water partition coefficient (Wildman–Crippen LogP) is 7.39. The lowest BCUT2D eigenvalue weighted by Crippen LogP contribution is -2.58. The first kappa shape index (κ1) is 34.6. The van der Waals surface area contributed by atoms with Crippen molar-refractivity contribution in [1.82, 2.24) is 15.5 Å². The van der Waals surface area contributed by atoms with Crippen LogP contribution < -0.4 is 10.6 Å². The van der Waals surface area contributed by atoms with Crippen LogP contribution in [0.15, 0.2) is 18.2 Å². The molecule has 2 rings (SSSR count). The molecule has 1 aromatic rings. The van der Waals surface area contributed by atoms with Gasteiger partial charge in [-0.05, 0) is 90.2 Å². The maximum atomic E-state index is 14.7. The average Bonchev–Trinajstić information content (AvgIpc) is 2.89. The third-order valence-corrected chi connectivity index (χ3v) is 8.25. The lowest BCUT2D eigenvalue weighted by Gasteiger charge is -2.41. The van der Waals surface area contributed by atoms with Gasteiger partial charge in [0.1, 0.15) is 17.7 Å². The van der Waals surface area contributed by atoms with E-state index in [1.807, 2.05) is 52.8 Å². The molecule has 1 aliphatic rings. The molecule has 1 fully saturated rings. The zero-order valence-electron chi connectivity index (χ0n) is 27.4. The molecule has 41 heavy (non-hydrogen) atoms. The maximum Gasteiger partial charge on any atom is 0.408 e. The summed E-state index contributed by atoms with van der Waals surface area (Å²) in [4.78, 5) is 43.8. The van der Waals surface area contributed by atoms with Crippen LogP contribution in [0, 0.1) is 25.7 Å². The van der Waals surface area contributed by atoms with E-state index in [1.165, 1.54) is 6.42 Å². The number of rotatable bonds is 12. The van der Waals surface area contributed by atoms with Crippen molar-refractivity contribution in [3.05, 3.63) is 34.9 Å². The summed E-state index contributed by atoms with van der Waals surface area (Å²) in [6, 6.07) is 4.35. The Labute approximate surface area is 249 Å². The van der Waals surface area contributed by atoms with E-state index in [9.17, 15) is 14.4 Å². The second-order valence-electron chi connectivity index (χ2n) is 13.7. The molecule has 0 radical (unpaired) electrons. The minimum atomic E-state index is -0.827. The van der Waals surface area contributed by atoms with Crippen LogP contribution in [0.2, 0.25) is 0 Å². The standard InChI is InChI=1S/C34H57N3O4/c1-11-24(5)29(36-33(40)41-34(8,9)10)32(39)37(26(7)20-17-22(2)3)30(28-21-23(4)18-19-25(28)6)31(38)35-27-15-13-12-14-16-27/h18-19,21-22,24,26-27,29-30H,11-17,20H2,1-10H3,(H,35,38)(H,36,40). The van der Waals surface area contributed by atoms with Gasteiger partial charge in [-0.15, -0.1) is 0 Å². The summed E-state index contributed by atoms with van der Waals surface area (Å²) >= 11 is 0. The predicted molar refractivity (Wildman–Crippen MR) is 167 cm³/mol. The second kappa shape index (κ2) is 15.6. The highest BCUT2D eigenvalue weighted by Crippen LogP contribution is 2.32. The van der Waals surface area contributed by atoms with E-state index in [0.717, 1.165) is 55.2 Å². The van der Waals surface area contributed by atoms with Crippen molar-refractivity contribution in [2.45, 2.75) is 150 Å². The van der Waals surface area contributed by atoms with Crippen LogP contribution in [0.1, 0.15) is 129 Å². The number of ether oxygens (including phenoxy) is 1. The molecule has 0 heterocycles. The van der Waals surface area contributed by atoms with E-state index in [4.69, 9.17) is 4.74 Å². The molecule has 4 atom stereocenters. The highest BCUT2D eigenvalue weighted by atomic mass is 16.6. The van der Waals surface area contributed by atoms with Gasteiger partial charge in [0, 0.05) is 12.1 Å². The fourth-order valence-corrected chi connectivity index (χ4v) is 5.59. The van der Waals surface area contributed by atoms with Crippen LogP contribution in [0.25, 0.3) is 0 Å². The molecule has 3 amide bonds. The van der Waals surface area contributed by atoms with Crippen molar-refractivity contribution in [2.24, 2.45) is 11.8 Å². The Morgan fingerprint density at radius 1 is 1.00 bits per heavy atom. The molecule has 1 aliphatic carbocycles. The summed E-state index contributed by atoms with van der Waals surface area (Å²) < 4.78 is 5.56. The highest BCUT2D eigenvalue weighted by Gasteiger charge is 2.41. The topological polar surface area (TPSA) is 87.7 Å². The van der Waals surface area contributed by atoms with Gasteiger partial charge < -0.3 is 20.3 Å². The lowest BCUT2D eigenvalue weighted by atomic mass is 9.90. The third-order valence-electron chi connectivity index (χ3n) is 8.25. The number of nitrogens with one attached hydrogen (secondary N) is 2. The molecule has 232 valence electrons. The number of benzene rings is 1. The van der Waals surface area contributed by atoms with Gasteiger partial charge in [-0.1, -0.05) is 77.1 Å². The Kier molecular flexibility index (Phi) is 13.2. The zero-order chi connectivity index (χ0) is 30.9. The highest BCUT2D eigenvalue weighted by molar-refractivity contribution is 5.93. The van der Waals surface area contributed by atoms with Crippen LogP contribution in [0.5, 0.6) is 0 Å². The first-order chi connectivity index (χ1) is 19.1. The van der Waals surface area contributed by atoms with Crippen LogP contribution in [-0.2, 0) is 14.3 Å². The summed E-state index contributed by atoms with van der Waals surface area (Å²) in [6.07, 6.45) is 7.03. The summed E-state index contributed by atoms with van der Waals surface area (Å²) in [6.45, 7) is 19.8. The van der Waals surface area contributed by atoms with Crippen molar-refractivity contribution in [2.75, 3.05) is 0 Å². The van der Waals surface area contributed by atoms with Crippen molar-refractivity contribution in [3.63, 3.8) is 0 Å². The minimum absolute atomic E-state index is 0.108. The van der Waals surface area contributed by atoms with Crippen molar-refractivity contribution in [1.29, 1.82) is 0 Å². The molecule has 1 aromatic carbocycles. The van der Waals surface area contributed by atoms with Crippen LogP contribution >= 0.6 is 0 Å². The number of carbonyl (C=O) groups is 3. The Hall–Kier alpha value is -2.57. The number of alkyl carbamates (subject to hydrolysis) is 1. The van der Waals surface area contributed by atoms with E-state index < -0.39 is 23.8 Å². The van der Waals surface area contributed by atoms with Gasteiger partial charge in [-0.25, -0.2) is 4.79 Å². The van der Waals surface area contributed by atoms with Gasteiger partial charge in [0.2, 0.25) is 11.8 Å². The Balaban J connectivity index is 2.63. The lowest BCUT2D eigenvalue weighted by molar-refractivity contribution is -0.146. The third kappa shape index (κ3) is 10.6. The quantitative estimate of drug-likeness (QED) is 0.274. The monoisotopic (exact) mass is 571 g/mol. The fourth-order valence-electron chi connectivity index (χ4n) is 5.59. The maximum absolute atomic E-state index is 14.7. The van der Waals surface area contributed by atoms with Crippen molar-refractivity contribution >= 4 is 17.9 Å².